The number of nitrogens with zero attached hydrogens (tertiary/aromatic N) is 2. The van der Waals surface area contributed by atoms with Gasteiger partial charge in [-0.05, 0) is 42.9 Å². The molecule has 7 heteroatoms. The molecule has 0 spiro atoms. The number of ether oxygens (including phenoxy) is 2. The average molecular weight is 419 g/mol. The maximum Gasteiger partial charge on any atom is 0.243 e. The van der Waals surface area contributed by atoms with E-state index in [1.165, 1.54) is 24.8 Å². The van der Waals surface area contributed by atoms with E-state index in [1.807, 2.05) is 12.1 Å². The van der Waals surface area contributed by atoms with E-state index in [-0.39, 0.29) is 12.5 Å². The van der Waals surface area contributed by atoms with Crippen molar-refractivity contribution in [2.75, 3.05) is 41.4 Å². The summed E-state index contributed by atoms with van der Waals surface area (Å²) in [7, 11) is 6.81. The summed E-state index contributed by atoms with van der Waals surface area (Å²) in [6.07, 6.45) is 7.02. The Morgan fingerprint density at radius 1 is 1.17 bits per heavy atom. The molecule has 2 rings (SSSR count). The van der Waals surface area contributed by atoms with Gasteiger partial charge in [0.1, 0.15) is 6.54 Å². The summed E-state index contributed by atoms with van der Waals surface area (Å²) in [5, 5.41) is 6.98. The molecule has 0 bridgehead atoms. The molecular formula is C23H38N4O3. The van der Waals surface area contributed by atoms with E-state index >= 15 is 0 Å². The molecule has 1 saturated carbocycles. The second kappa shape index (κ2) is 12.3. The number of hydrogen-bond acceptors (Lipinski definition) is 4. The number of carbonyl (C=O) groups excluding carboxylic acids is 1. The number of nitrogens with one attached hydrogen (secondary N) is 2. The summed E-state index contributed by atoms with van der Waals surface area (Å²) in [5.41, 5.74) is 1.20. The van der Waals surface area contributed by atoms with Crippen molar-refractivity contribution in [3.63, 3.8) is 0 Å². The predicted molar refractivity (Wildman–Crippen MR) is 121 cm³/mol. The first kappa shape index (κ1) is 23.8. The van der Waals surface area contributed by atoms with Crippen LogP contribution in [0.5, 0.6) is 11.5 Å². The predicted octanol–water partition coefficient (Wildman–Crippen LogP) is 2.84. The minimum atomic E-state index is -0.00174. The molecule has 1 unspecified atom stereocenters. The van der Waals surface area contributed by atoms with Crippen molar-refractivity contribution in [1.82, 2.24) is 15.5 Å². The van der Waals surface area contributed by atoms with Crippen molar-refractivity contribution in [3.05, 3.63) is 23.8 Å². The zero-order valence-electron chi connectivity index (χ0n) is 19.2. The van der Waals surface area contributed by atoms with E-state index in [0.717, 1.165) is 43.3 Å². The van der Waals surface area contributed by atoms with Gasteiger partial charge in [-0.1, -0.05) is 32.3 Å². The third kappa shape index (κ3) is 7.76. The molecule has 30 heavy (non-hydrogen) atoms. The molecule has 1 atom stereocenters. The van der Waals surface area contributed by atoms with E-state index in [4.69, 9.17) is 9.47 Å². The monoisotopic (exact) mass is 418 g/mol. The van der Waals surface area contributed by atoms with Gasteiger partial charge in [0.05, 0.1) is 14.2 Å². The summed E-state index contributed by atoms with van der Waals surface area (Å²) in [4.78, 5) is 18.1. The summed E-state index contributed by atoms with van der Waals surface area (Å²) in [6, 6.07) is 6.47. The first-order valence-corrected chi connectivity index (χ1v) is 10.9. The highest BCUT2D eigenvalue weighted by molar-refractivity contribution is 5.84. The van der Waals surface area contributed by atoms with Gasteiger partial charge in [0.2, 0.25) is 5.91 Å². The lowest BCUT2D eigenvalue weighted by Gasteiger charge is -2.26. The molecule has 1 aromatic rings. The van der Waals surface area contributed by atoms with Crippen LogP contribution in [-0.4, -0.2) is 64.2 Å². The molecule has 1 fully saturated rings. The van der Waals surface area contributed by atoms with Crippen molar-refractivity contribution >= 4 is 11.9 Å². The van der Waals surface area contributed by atoms with Crippen LogP contribution in [0, 0.1) is 5.92 Å². The van der Waals surface area contributed by atoms with Gasteiger partial charge < -0.3 is 25.0 Å². The van der Waals surface area contributed by atoms with Gasteiger partial charge in [0.25, 0.3) is 0 Å². The first-order chi connectivity index (χ1) is 14.4. The van der Waals surface area contributed by atoms with Gasteiger partial charge in [-0.15, -0.1) is 0 Å². The zero-order valence-corrected chi connectivity index (χ0v) is 19.2. The lowest BCUT2D eigenvalue weighted by molar-refractivity contribution is -0.127. The standard InChI is InChI=1S/C23H38N4O3/c1-17(13-18-11-12-20(29-4)21(14-18)30-5)15-24-23(25-16-22(28)27(2)3)26-19-9-7-6-8-10-19/h11-12,14,17,19H,6-10,13,15-16H2,1-5H3,(H2,24,25,26). The topological polar surface area (TPSA) is 75.2 Å². The third-order valence-electron chi connectivity index (χ3n) is 5.47. The van der Waals surface area contributed by atoms with Crippen LogP contribution in [0.3, 0.4) is 0 Å². The fraction of sp³-hybridized carbons (Fsp3) is 0.652. The van der Waals surface area contributed by atoms with Crippen LogP contribution >= 0.6 is 0 Å². The number of amides is 1. The summed E-state index contributed by atoms with van der Waals surface area (Å²) >= 11 is 0. The maximum atomic E-state index is 12.0. The molecule has 0 aromatic heterocycles. The third-order valence-corrected chi connectivity index (χ3v) is 5.47. The molecule has 1 aromatic carbocycles. The number of guanidine groups is 1. The largest absolute Gasteiger partial charge is 0.493 e. The molecule has 0 saturated heterocycles. The molecule has 0 heterocycles. The molecule has 1 aliphatic carbocycles. The zero-order chi connectivity index (χ0) is 21.9. The van der Waals surface area contributed by atoms with E-state index in [1.54, 1.807) is 33.2 Å². The highest BCUT2D eigenvalue weighted by atomic mass is 16.5. The second-order valence-electron chi connectivity index (χ2n) is 8.31. The Hall–Kier alpha value is -2.44. The average Bonchev–Trinajstić information content (AvgIpc) is 2.75. The smallest absolute Gasteiger partial charge is 0.243 e. The molecule has 1 amide bonds. The van der Waals surface area contributed by atoms with Gasteiger partial charge in [-0.2, -0.15) is 0 Å². The van der Waals surface area contributed by atoms with Gasteiger partial charge in [-0.25, -0.2) is 4.99 Å². The van der Waals surface area contributed by atoms with Crippen LogP contribution < -0.4 is 20.1 Å². The molecular weight excluding hydrogens is 380 g/mol. The Morgan fingerprint density at radius 2 is 1.87 bits per heavy atom. The fourth-order valence-electron chi connectivity index (χ4n) is 3.63. The maximum absolute atomic E-state index is 12.0. The number of benzene rings is 1. The molecule has 2 N–H and O–H groups in total. The number of methoxy groups -OCH3 is 2. The van der Waals surface area contributed by atoms with E-state index in [9.17, 15) is 4.79 Å². The van der Waals surface area contributed by atoms with Crippen molar-refractivity contribution in [2.24, 2.45) is 10.9 Å². The van der Waals surface area contributed by atoms with Crippen LogP contribution in [0.2, 0.25) is 0 Å². The summed E-state index contributed by atoms with van der Waals surface area (Å²) in [5.74, 6) is 2.60. The molecule has 0 aliphatic heterocycles. The lowest BCUT2D eigenvalue weighted by atomic mass is 9.96. The molecule has 0 radical (unpaired) electrons. The highest BCUT2D eigenvalue weighted by Gasteiger charge is 2.16. The number of rotatable bonds is 9. The van der Waals surface area contributed by atoms with Crippen LogP contribution in [-0.2, 0) is 11.2 Å². The Morgan fingerprint density at radius 3 is 2.50 bits per heavy atom. The lowest BCUT2D eigenvalue weighted by Crippen LogP contribution is -2.46. The van der Waals surface area contributed by atoms with Crippen LogP contribution in [0.15, 0.2) is 23.2 Å². The molecule has 1 aliphatic rings. The molecule has 7 nitrogen and oxygen atoms in total. The second-order valence-corrected chi connectivity index (χ2v) is 8.31. The number of likely N-dealkylation sites (N-methyl/N-ethyl adjacent to an activating group) is 1. The minimum Gasteiger partial charge on any atom is -0.493 e. The number of carbonyl (C=O) groups is 1. The van der Waals surface area contributed by atoms with E-state index < -0.39 is 0 Å². The van der Waals surface area contributed by atoms with E-state index in [2.05, 4.69) is 28.6 Å². The Kier molecular flexibility index (Phi) is 9.77. The normalized spacial score (nSPS) is 16.0. The first-order valence-electron chi connectivity index (χ1n) is 10.9. The SMILES string of the molecule is COc1ccc(CC(C)CNC(=NCC(=O)N(C)C)NC2CCCCC2)cc1OC. The van der Waals surface area contributed by atoms with Crippen LogP contribution in [0.1, 0.15) is 44.6 Å². The van der Waals surface area contributed by atoms with Gasteiger partial charge in [0, 0.05) is 26.7 Å². The van der Waals surface area contributed by atoms with Crippen molar-refractivity contribution in [3.8, 4) is 11.5 Å². The minimum absolute atomic E-state index is 0.00174. The van der Waals surface area contributed by atoms with Crippen molar-refractivity contribution < 1.29 is 14.3 Å². The van der Waals surface area contributed by atoms with Gasteiger partial charge in [0.15, 0.2) is 17.5 Å². The quantitative estimate of drug-likeness (QED) is 0.476. The van der Waals surface area contributed by atoms with Gasteiger partial charge in [-0.3, -0.25) is 4.79 Å². The van der Waals surface area contributed by atoms with Crippen LogP contribution in [0.4, 0.5) is 0 Å². The van der Waals surface area contributed by atoms with Crippen LogP contribution in [0.25, 0.3) is 0 Å². The summed E-state index contributed by atoms with van der Waals surface area (Å²) < 4.78 is 10.7. The Bertz CT molecular complexity index is 700. The summed E-state index contributed by atoms with van der Waals surface area (Å²) in [6.45, 7) is 3.12. The van der Waals surface area contributed by atoms with E-state index in [0.29, 0.717) is 12.0 Å². The fourth-order valence-corrected chi connectivity index (χ4v) is 3.63. The number of aliphatic imine (C=N–C) groups is 1. The molecule has 168 valence electrons. The van der Waals surface area contributed by atoms with Crippen molar-refractivity contribution in [2.45, 2.75) is 51.5 Å². The number of hydrogen-bond donors (Lipinski definition) is 2. The Labute approximate surface area is 181 Å². The highest BCUT2D eigenvalue weighted by Crippen LogP contribution is 2.28. The Balaban J connectivity index is 1.95. The van der Waals surface area contributed by atoms with Crippen molar-refractivity contribution in [1.29, 1.82) is 0 Å². The van der Waals surface area contributed by atoms with Gasteiger partial charge >= 0.3 is 0 Å².